The van der Waals surface area contributed by atoms with Gasteiger partial charge in [0.1, 0.15) is 0 Å². The fourth-order valence-electron chi connectivity index (χ4n) is 3.30. The summed E-state index contributed by atoms with van der Waals surface area (Å²) in [6.07, 6.45) is 5.14. The van der Waals surface area contributed by atoms with Crippen molar-refractivity contribution in [3.8, 4) is 0 Å². The molecule has 0 amide bonds. The van der Waals surface area contributed by atoms with Crippen LogP contribution in [-0.2, 0) is 0 Å². The largest absolute Gasteiger partial charge is 0.324 e. The molecule has 2 heteroatoms. The first-order valence-corrected chi connectivity index (χ1v) is 7.77. The molecule has 0 radical (unpaired) electrons. The van der Waals surface area contributed by atoms with E-state index in [-0.39, 0.29) is 6.04 Å². The highest BCUT2D eigenvalue weighted by Gasteiger charge is 2.32. The Kier molecular flexibility index (Phi) is 4.58. The molecule has 1 aliphatic carbocycles. The molecule has 0 spiro atoms. The molecular weight excluding hydrogens is 254 g/mol. The average Bonchev–Trinajstić information content (AvgIpc) is 2.38. The van der Waals surface area contributed by atoms with E-state index in [2.05, 4.69) is 32.9 Å². The van der Waals surface area contributed by atoms with Crippen LogP contribution < -0.4 is 5.73 Å². The summed E-state index contributed by atoms with van der Waals surface area (Å²) in [6.45, 7) is 7.07. The molecular formula is C17H26ClN. The van der Waals surface area contributed by atoms with Crippen LogP contribution in [-0.4, -0.2) is 0 Å². The molecule has 0 aromatic heterocycles. The van der Waals surface area contributed by atoms with Crippen LogP contribution in [0.25, 0.3) is 0 Å². The van der Waals surface area contributed by atoms with Crippen molar-refractivity contribution >= 4 is 11.6 Å². The summed E-state index contributed by atoms with van der Waals surface area (Å²) in [5, 5.41) is 0.785. The van der Waals surface area contributed by atoms with E-state index in [9.17, 15) is 0 Å². The van der Waals surface area contributed by atoms with Crippen molar-refractivity contribution in [2.75, 3.05) is 0 Å². The summed E-state index contributed by atoms with van der Waals surface area (Å²) in [5.41, 5.74) is 8.10. The second kappa shape index (κ2) is 5.85. The zero-order chi connectivity index (χ0) is 14.0. The van der Waals surface area contributed by atoms with Gasteiger partial charge in [-0.3, -0.25) is 0 Å². The topological polar surface area (TPSA) is 26.0 Å². The van der Waals surface area contributed by atoms with E-state index < -0.39 is 0 Å². The number of rotatable bonds is 2. The molecule has 2 rings (SSSR count). The standard InChI is InChI=1S/C17H26ClN/c1-17(2,3)14-8-4-12(5-9-14)16(19)13-6-10-15(18)11-7-13/h6-7,10-12,14,16H,4-5,8-9,19H2,1-3H3. The van der Waals surface area contributed by atoms with Crippen molar-refractivity contribution in [1.82, 2.24) is 0 Å². The Balaban J connectivity index is 1.96. The van der Waals surface area contributed by atoms with Crippen LogP contribution >= 0.6 is 11.6 Å². The van der Waals surface area contributed by atoms with E-state index in [0.717, 1.165) is 10.9 Å². The van der Waals surface area contributed by atoms with Crippen LogP contribution in [0.2, 0.25) is 5.02 Å². The molecule has 1 nitrogen and oxygen atoms in total. The summed E-state index contributed by atoms with van der Waals surface area (Å²) in [7, 11) is 0. The van der Waals surface area contributed by atoms with Crippen LogP contribution in [0.3, 0.4) is 0 Å². The van der Waals surface area contributed by atoms with Gasteiger partial charge >= 0.3 is 0 Å². The van der Waals surface area contributed by atoms with Gasteiger partial charge in [-0.15, -0.1) is 0 Å². The number of halogens is 1. The maximum atomic E-state index is 6.43. The molecule has 106 valence electrons. The summed E-state index contributed by atoms with van der Waals surface area (Å²) in [5.74, 6) is 1.47. The highest BCUT2D eigenvalue weighted by Crippen LogP contribution is 2.42. The third-order valence-corrected chi connectivity index (χ3v) is 5.01. The Morgan fingerprint density at radius 3 is 2.05 bits per heavy atom. The fraction of sp³-hybridized carbons (Fsp3) is 0.647. The Morgan fingerprint density at radius 1 is 1.05 bits per heavy atom. The first kappa shape index (κ1) is 14.9. The Labute approximate surface area is 122 Å². The highest BCUT2D eigenvalue weighted by molar-refractivity contribution is 6.30. The van der Waals surface area contributed by atoms with Gasteiger partial charge in [-0.25, -0.2) is 0 Å². The van der Waals surface area contributed by atoms with Crippen molar-refractivity contribution in [3.05, 3.63) is 34.9 Å². The van der Waals surface area contributed by atoms with Crippen LogP contribution in [0, 0.1) is 17.3 Å². The minimum absolute atomic E-state index is 0.165. The molecule has 0 heterocycles. The molecule has 0 bridgehead atoms. The van der Waals surface area contributed by atoms with E-state index in [1.54, 1.807) is 0 Å². The van der Waals surface area contributed by atoms with Gasteiger partial charge in [-0.05, 0) is 60.6 Å². The van der Waals surface area contributed by atoms with E-state index >= 15 is 0 Å². The summed E-state index contributed by atoms with van der Waals surface area (Å²) >= 11 is 5.93. The lowest BCUT2D eigenvalue weighted by Crippen LogP contribution is -2.30. The molecule has 0 aliphatic heterocycles. The summed E-state index contributed by atoms with van der Waals surface area (Å²) in [4.78, 5) is 0. The normalized spacial score (nSPS) is 26.2. The Bertz CT molecular complexity index is 396. The zero-order valence-corrected chi connectivity index (χ0v) is 13.1. The second-order valence-corrected chi connectivity index (χ2v) is 7.49. The van der Waals surface area contributed by atoms with E-state index in [0.29, 0.717) is 11.3 Å². The molecule has 1 aromatic carbocycles. The summed E-state index contributed by atoms with van der Waals surface area (Å²) in [6, 6.07) is 8.19. The van der Waals surface area contributed by atoms with Crippen molar-refractivity contribution in [3.63, 3.8) is 0 Å². The predicted molar refractivity (Wildman–Crippen MR) is 83.3 cm³/mol. The highest BCUT2D eigenvalue weighted by atomic mass is 35.5. The minimum atomic E-state index is 0.165. The lowest BCUT2D eigenvalue weighted by Gasteiger charge is -2.38. The lowest BCUT2D eigenvalue weighted by atomic mass is 9.68. The smallest absolute Gasteiger partial charge is 0.0406 e. The Morgan fingerprint density at radius 2 is 1.58 bits per heavy atom. The van der Waals surface area contributed by atoms with Crippen LogP contribution in [0.4, 0.5) is 0 Å². The van der Waals surface area contributed by atoms with Gasteiger partial charge in [-0.2, -0.15) is 0 Å². The third-order valence-electron chi connectivity index (χ3n) is 4.76. The van der Waals surface area contributed by atoms with Crippen molar-refractivity contribution in [2.45, 2.75) is 52.5 Å². The average molecular weight is 280 g/mol. The van der Waals surface area contributed by atoms with Gasteiger partial charge in [0.15, 0.2) is 0 Å². The second-order valence-electron chi connectivity index (χ2n) is 7.06. The van der Waals surface area contributed by atoms with Crippen molar-refractivity contribution in [2.24, 2.45) is 23.0 Å². The first-order valence-electron chi connectivity index (χ1n) is 7.39. The zero-order valence-electron chi connectivity index (χ0n) is 12.3. The number of hydrogen-bond donors (Lipinski definition) is 1. The van der Waals surface area contributed by atoms with Crippen molar-refractivity contribution in [1.29, 1.82) is 0 Å². The van der Waals surface area contributed by atoms with Gasteiger partial charge in [0.25, 0.3) is 0 Å². The maximum Gasteiger partial charge on any atom is 0.0406 e. The maximum absolute atomic E-state index is 6.43. The molecule has 1 aromatic rings. The molecule has 1 aliphatic rings. The third kappa shape index (κ3) is 3.73. The van der Waals surface area contributed by atoms with Gasteiger partial charge in [0.05, 0.1) is 0 Å². The van der Waals surface area contributed by atoms with Crippen LogP contribution in [0.15, 0.2) is 24.3 Å². The lowest BCUT2D eigenvalue weighted by molar-refractivity contribution is 0.139. The predicted octanol–water partition coefficient (Wildman–Crippen LogP) is 5.19. The molecule has 1 atom stereocenters. The van der Waals surface area contributed by atoms with E-state index in [1.807, 2.05) is 12.1 Å². The molecule has 2 N–H and O–H groups in total. The van der Waals surface area contributed by atoms with Crippen LogP contribution in [0.5, 0.6) is 0 Å². The van der Waals surface area contributed by atoms with Crippen molar-refractivity contribution < 1.29 is 0 Å². The number of benzene rings is 1. The fourth-order valence-corrected chi connectivity index (χ4v) is 3.43. The van der Waals surface area contributed by atoms with E-state index in [1.165, 1.54) is 31.2 Å². The molecule has 0 saturated heterocycles. The quantitative estimate of drug-likeness (QED) is 0.792. The van der Waals surface area contributed by atoms with E-state index in [4.69, 9.17) is 17.3 Å². The molecule has 19 heavy (non-hydrogen) atoms. The molecule has 1 fully saturated rings. The Hall–Kier alpha value is -0.530. The van der Waals surface area contributed by atoms with Gasteiger partial charge in [-0.1, -0.05) is 44.5 Å². The van der Waals surface area contributed by atoms with Gasteiger partial charge in [0.2, 0.25) is 0 Å². The molecule has 1 saturated carbocycles. The minimum Gasteiger partial charge on any atom is -0.324 e. The SMILES string of the molecule is CC(C)(C)C1CCC(C(N)c2ccc(Cl)cc2)CC1. The van der Waals surface area contributed by atoms with Gasteiger partial charge < -0.3 is 5.73 Å². The first-order chi connectivity index (χ1) is 8.88. The van der Waals surface area contributed by atoms with Gasteiger partial charge in [0, 0.05) is 11.1 Å². The van der Waals surface area contributed by atoms with Crippen LogP contribution in [0.1, 0.15) is 58.1 Å². The molecule has 1 unspecified atom stereocenters. The number of hydrogen-bond acceptors (Lipinski definition) is 1. The number of nitrogens with two attached hydrogens (primary N) is 1. The summed E-state index contributed by atoms with van der Waals surface area (Å²) < 4.78 is 0. The monoisotopic (exact) mass is 279 g/mol.